The summed E-state index contributed by atoms with van der Waals surface area (Å²) in [4.78, 5) is 0. The Labute approximate surface area is 145 Å². The largest absolute Gasteiger partial charge is 0.508 e. The van der Waals surface area contributed by atoms with Crippen LogP contribution in [0.3, 0.4) is 0 Å². The second-order valence-corrected chi connectivity index (χ2v) is 7.24. The Balaban J connectivity index is 1.60. The second-order valence-electron chi connectivity index (χ2n) is 6.83. The van der Waals surface area contributed by atoms with Crippen molar-refractivity contribution in [2.75, 3.05) is 18.5 Å². The van der Waals surface area contributed by atoms with E-state index < -0.39 is 0 Å². The fourth-order valence-corrected chi connectivity index (χ4v) is 4.47. The van der Waals surface area contributed by atoms with Crippen LogP contribution < -0.4 is 14.8 Å². The molecule has 2 aliphatic heterocycles. The number of aryl methyl sites for hydroxylation is 1. The standard InChI is InChI=1S/C19H18ClNO3/c1-9-4-10-7-16-13(12(10)8-15(9)22)5-11-6-14(20)19-17(18(11)24-16)21-2-3-23-19/h4,6,8,13,16,21-22H,2-3,5,7H2,1H3. The Morgan fingerprint density at radius 3 is 2.92 bits per heavy atom. The molecule has 2 aromatic rings. The zero-order chi connectivity index (χ0) is 16.4. The lowest BCUT2D eigenvalue weighted by Crippen LogP contribution is -2.30. The lowest BCUT2D eigenvalue weighted by atomic mass is 9.88. The number of nitrogens with one attached hydrogen (secondary N) is 1. The van der Waals surface area contributed by atoms with Crippen molar-refractivity contribution in [3.63, 3.8) is 0 Å². The molecule has 0 aromatic heterocycles. The summed E-state index contributed by atoms with van der Waals surface area (Å²) in [6, 6.07) is 5.96. The maximum absolute atomic E-state index is 10.1. The van der Waals surface area contributed by atoms with Crippen LogP contribution in [0.1, 0.15) is 28.2 Å². The summed E-state index contributed by atoms with van der Waals surface area (Å²) in [5.41, 5.74) is 5.38. The highest BCUT2D eigenvalue weighted by Gasteiger charge is 2.40. The molecule has 2 N–H and O–H groups in total. The van der Waals surface area contributed by atoms with Crippen molar-refractivity contribution in [1.82, 2.24) is 0 Å². The molecule has 0 saturated heterocycles. The van der Waals surface area contributed by atoms with Crippen molar-refractivity contribution in [2.24, 2.45) is 0 Å². The van der Waals surface area contributed by atoms with E-state index in [0.29, 0.717) is 23.1 Å². The average molecular weight is 344 g/mol. The molecule has 2 aromatic carbocycles. The Bertz CT molecular complexity index is 864. The van der Waals surface area contributed by atoms with Gasteiger partial charge in [-0.2, -0.15) is 0 Å². The van der Waals surface area contributed by atoms with E-state index in [4.69, 9.17) is 21.1 Å². The molecule has 1 aliphatic carbocycles. The van der Waals surface area contributed by atoms with E-state index >= 15 is 0 Å². The Morgan fingerprint density at radius 2 is 2.04 bits per heavy atom. The van der Waals surface area contributed by atoms with E-state index in [0.717, 1.165) is 42.0 Å². The third-order valence-electron chi connectivity index (χ3n) is 5.35. The number of fused-ring (bicyclic) bond motifs is 6. The number of ether oxygens (including phenoxy) is 2. The van der Waals surface area contributed by atoms with Gasteiger partial charge in [0.1, 0.15) is 29.9 Å². The molecule has 5 rings (SSSR count). The highest BCUT2D eigenvalue weighted by atomic mass is 35.5. The molecule has 124 valence electrons. The van der Waals surface area contributed by atoms with Crippen molar-refractivity contribution < 1.29 is 14.6 Å². The molecule has 0 saturated carbocycles. The summed E-state index contributed by atoms with van der Waals surface area (Å²) in [7, 11) is 0. The van der Waals surface area contributed by atoms with Gasteiger partial charge in [0.25, 0.3) is 0 Å². The second kappa shape index (κ2) is 4.96. The first kappa shape index (κ1) is 14.3. The number of hydrogen-bond donors (Lipinski definition) is 2. The van der Waals surface area contributed by atoms with Crippen molar-refractivity contribution in [2.45, 2.75) is 31.8 Å². The Hall–Kier alpha value is -2.07. The zero-order valence-corrected chi connectivity index (χ0v) is 14.1. The summed E-state index contributed by atoms with van der Waals surface area (Å²) >= 11 is 6.41. The molecule has 0 radical (unpaired) electrons. The molecule has 24 heavy (non-hydrogen) atoms. The van der Waals surface area contributed by atoms with Gasteiger partial charge >= 0.3 is 0 Å². The summed E-state index contributed by atoms with van der Waals surface area (Å²) in [6.45, 7) is 3.30. The van der Waals surface area contributed by atoms with E-state index in [2.05, 4.69) is 11.4 Å². The number of rotatable bonds is 0. The molecular weight excluding hydrogens is 326 g/mol. The van der Waals surface area contributed by atoms with Gasteiger partial charge in [0.15, 0.2) is 5.75 Å². The first-order chi connectivity index (χ1) is 11.6. The molecule has 3 aliphatic rings. The summed E-state index contributed by atoms with van der Waals surface area (Å²) < 4.78 is 12.1. The molecule has 2 heterocycles. The summed E-state index contributed by atoms with van der Waals surface area (Å²) in [6.07, 6.45) is 1.84. The average Bonchev–Trinajstić information content (AvgIpc) is 2.91. The highest BCUT2D eigenvalue weighted by molar-refractivity contribution is 6.32. The van der Waals surface area contributed by atoms with Crippen molar-refractivity contribution >= 4 is 17.3 Å². The van der Waals surface area contributed by atoms with Gasteiger partial charge in [-0.1, -0.05) is 17.7 Å². The van der Waals surface area contributed by atoms with E-state index in [1.165, 1.54) is 11.1 Å². The van der Waals surface area contributed by atoms with Crippen LogP contribution in [0.4, 0.5) is 5.69 Å². The fraction of sp³-hybridized carbons (Fsp3) is 0.368. The zero-order valence-electron chi connectivity index (χ0n) is 13.4. The molecule has 0 spiro atoms. The Morgan fingerprint density at radius 1 is 1.17 bits per heavy atom. The molecule has 0 amide bonds. The minimum absolute atomic E-state index is 0.0997. The van der Waals surface area contributed by atoms with E-state index in [9.17, 15) is 5.11 Å². The van der Waals surface area contributed by atoms with Crippen LogP contribution in [0.25, 0.3) is 0 Å². The maximum Gasteiger partial charge on any atom is 0.164 e. The number of benzene rings is 2. The lowest BCUT2D eigenvalue weighted by Gasteiger charge is -2.33. The van der Waals surface area contributed by atoms with Crippen LogP contribution in [0, 0.1) is 6.92 Å². The molecular formula is C19H18ClNO3. The quantitative estimate of drug-likeness (QED) is 0.764. The van der Waals surface area contributed by atoms with Crippen molar-refractivity contribution in [3.05, 3.63) is 45.5 Å². The fourth-order valence-electron chi connectivity index (χ4n) is 4.19. The number of hydrogen-bond acceptors (Lipinski definition) is 4. The van der Waals surface area contributed by atoms with Gasteiger partial charge in [-0.3, -0.25) is 0 Å². The number of phenolic OH excluding ortho intramolecular Hbond substituents is 1. The summed E-state index contributed by atoms with van der Waals surface area (Å²) in [5.74, 6) is 2.20. The van der Waals surface area contributed by atoms with Crippen LogP contribution in [-0.4, -0.2) is 24.4 Å². The van der Waals surface area contributed by atoms with Gasteiger partial charge in [-0.25, -0.2) is 0 Å². The van der Waals surface area contributed by atoms with Gasteiger partial charge in [0.05, 0.1) is 5.02 Å². The third-order valence-corrected chi connectivity index (χ3v) is 5.63. The first-order valence-corrected chi connectivity index (χ1v) is 8.70. The van der Waals surface area contributed by atoms with Crippen LogP contribution in [0.2, 0.25) is 5.02 Å². The number of anilines is 1. The molecule has 0 fully saturated rings. The van der Waals surface area contributed by atoms with Gasteiger partial charge in [-0.05, 0) is 47.7 Å². The van der Waals surface area contributed by atoms with E-state index in [1.807, 2.05) is 19.1 Å². The Kier molecular flexibility index (Phi) is 2.95. The maximum atomic E-state index is 10.1. The van der Waals surface area contributed by atoms with E-state index in [1.54, 1.807) is 0 Å². The van der Waals surface area contributed by atoms with Gasteiger partial charge in [-0.15, -0.1) is 0 Å². The molecule has 2 unspecified atom stereocenters. The van der Waals surface area contributed by atoms with Crippen molar-refractivity contribution in [1.29, 1.82) is 0 Å². The van der Waals surface area contributed by atoms with Crippen LogP contribution in [0.15, 0.2) is 18.2 Å². The van der Waals surface area contributed by atoms with Crippen LogP contribution >= 0.6 is 11.6 Å². The smallest absolute Gasteiger partial charge is 0.164 e. The van der Waals surface area contributed by atoms with Gasteiger partial charge in [0, 0.05) is 18.9 Å². The molecule has 2 atom stereocenters. The molecule has 5 heteroatoms. The summed E-state index contributed by atoms with van der Waals surface area (Å²) in [5, 5.41) is 14.1. The molecule has 4 nitrogen and oxygen atoms in total. The number of phenols is 1. The third kappa shape index (κ3) is 1.92. The predicted octanol–water partition coefficient (Wildman–Crippen LogP) is 3.80. The monoisotopic (exact) mass is 343 g/mol. The highest BCUT2D eigenvalue weighted by Crippen LogP contribution is 2.52. The van der Waals surface area contributed by atoms with E-state index in [-0.39, 0.29) is 12.0 Å². The van der Waals surface area contributed by atoms with Gasteiger partial charge in [0.2, 0.25) is 0 Å². The van der Waals surface area contributed by atoms with Gasteiger partial charge < -0.3 is 19.9 Å². The minimum Gasteiger partial charge on any atom is -0.508 e. The number of halogens is 1. The minimum atomic E-state index is 0.0997. The van der Waals surface area contributed by atoms with Crippen LogP contribution in [-0.2, 0) is 12.8 Å². The number of aromatic hydroxyl groups is 1. The first-order valence-electron chi connectivity index (χ1n) is 8.33. The SMILES string of the molecule is Cc1cc2c(cc1O)C1Cc3cc(Cl)c4c(c3OC1C2)NCCO4. The topological polar surface area (TPSA) is 50.7 Å². The van der Waals surface area contributed by atoms with Crippen molar-refractivity contribution in [3.8, 4) is 17.2 Å². The molecule has 0 bridgehead atoms. The van der Waals surface area contributed by atoms with Crippen LogP contribution in [0.5, 0.6) is 17.2 Å². The lowest BCUT2D eigenvalue weighted by molar-refractivity contribution is 0.163. The normalized spacial score (nSPS) is 23.1. The predicted molar refractivity (Wildman–Crippen MR) is 92.8 cm³/mol.